The van der Waals surface area contributed by atoms with Crippen LogP contribution in [0.2, 0.25) is 0 Å². The zero-order valence-electron chi connectivity index (χ0n) is 8.77. The van der Waals surface area contributed by atoms with Gasteiger partial charge in [0.15, 0.2) is 0 Å². The minimum absolute atomic E-state index is 0.187. The molecule has 0 aliphatic heterocycles. The Morgan fingerprint density at radius 1 is 1.47 bits per heavy atom. The number of terminal acetylenes is 1. The molecule has 2 nitrogen and oxygen atoms in total. The lowest BCUT2D eigenvalue weighted by Gasteiger charge is -2.09. The van der Waals surface area contributed by atoms with Crippen molar-refractivity contribution in [3.05, 3.63) is 35.4 Å². The van der Waals surface area contributed by atoms with Gasteiger partial charge in [-0.2, -0.15) is 0 Å². The van der Waals surface area contributed by atoms with Crippen LogP contribution in [0.3, 0.4) is 0 Å². The van der Waals surface area contributed by atoms with E-state index in [0.717, 1.165) is 17.5 Å². The molecule has 0 N–H and O–H groups in total. The van der Waals surface area contributed by atoms with Gasteiger partial charge in [-0.05, 0) is 11.1 Å². The molecule has 1 rings (SSSR count). The van der Waals surface area contributed by atoms with Crippen LogP contribution in [-0.4, -0.2) is 13.2 Å². The van der Waals surface area contributed by atoms with Gasteiger partial charge in [0.1, 0.15) is 6.10 Å². The van der Waals surface area contributed by atoms with Gasteiger partial charge in [-0.25, -0.2) is 0 Å². The van der Waals surface area contributed by atoms with Crippen molar-refractivity contribution in [2.24, 2.45) is 0 Å². The molecule has 0 heterocycles. The zero-order chi connectivity index (χ0) is 11.1. The Kier molecular flexibility index (Phi) is 5.36. The average molecular weight is 222 g/mol. The van der Waals surface area contributed by atoms with Gasteiger partial charge >= 0.3 is 0 Å². The number of ether oxygens (including phenoxy) is 1. The third kappa shape index (κ3) is 4.01. The van der Waals surface area contributed by atoms with Crippen LogP contribution >= 0.6 is 9.47 Å². The van der Waals surface area contributed by atoms with E-state index in [1.54, 1.807) is 7.11 Å². The minimum Gasteiger partial charge on any atom is -0.380 e. The monoisotopic (exact) mass is 222 g/mol. The molecule has 1 aromatic rings. The number of hydrogen-bond donors (Lipinski definition) is 0. The van der Waals surface area contributed by atoms with Gasteiger partial charge in [0, 0.05) is 23.0 Å². The van der Waals surface area contributed by atoms with Gasteiger partial charge in [-0.1, -0.05) is 30.2 Å². The van der Waals surface area contributed by atoms with Crippen LogP contribution in [0.5, 0.6) is 0 Å². The Labute approximate surface area is 93.3 Å². The highest BCUT2D eigenvalue weighted by Gasteiger charge is 2.04. The fraction of sp³-hybridized carbons (Fsp3) is 0.333. The maximum absolute atomic E-state index is 5.31. The molecule has 1 unspecified atom stereocenters. The Morgan fingerprint density at radius 3 is 2.80 bits per heavy atom. The SMILES string of the molecule is C#C[C@H](Cc1cccc(COC)c1)OP. The van der Waals surface area contributed by atoms with E-state index in [9.17, 15) is 0 Å². The Balaban J connectivity index is 2.69. The molecule has 0 saturated heterocycles. The average Bonchev–Trinajstić information content (AvgIpc) is 2.27. The van der Waals surface area contributed by atoms with Crippen LogP contribution in [0, 0.1) is 12.3 Å². The summed E-state index contributed by atoms with van der Waals surface area (Å²) in [5.41, 5.74) is 2.31. The number of rotatable bonds is 5. The molecular formula is C12H15O2P. The van der Waals surface area contributed by atoms with Crippen LogP contribution in [0.15, 0.2) is 24.3 Å². The summed E-state index contributed by atoms with van der Waals surface area (Å²) in [5.74, 6) is 2.58. The van der Waals surface area contributed by atoms with Gasteiger partial charge in [-0.3, -0.25) is 0 Å². The fourth-order valence-corrected chi connectivity index (χ4v) is 1.55. The van der Waals surface area contributed by atoms with Crippen LogP contribution in [0.1, 0.15) is 11.1 Å². The lowest BCUT2D eigenvalue weighted by molar-refractivity contribution is 0.185. The quantitative estimate of drug-likeness (QED) is 0.561. The first-order valence-electron chi connectivity index (χ1n) is 4.68. The van der Waals surface area contributed by atoms with Crippen molar-refractivity contribution in [1.82, 2.24) is 0 Å². The summed E-state index contributed by atoms with van der Waals surface area (Å²) >= 11 is 0. The van der Waals surface area contributed by atoms with Crippen LogP contribution in [0.4, 0.5) is 0 Å². The third-order valence-electron chi connectivity index (χ3n) is 2.07. The van der Waals surface area contributed by atoms with E-state index in [-0.39, 0.29) is 6.10 Å². The van der Waals surface area contributed by atoms with Crippen molar-refractivity contribution in [1.29, 1.82) is 0 Å². The van der Waals surface area contributed by atoms with Crippen molar-refractivity contribution in [3.8, 4) is 12.3 Å². The summed E-state index contributed by atoms with van der Waals surface area (Å²) in [6.45, 7) is 0.621. The van der Waals surface area contributed by atoms with Gasteiger partial charge < -0.3 is 9.26 Å². The molecule has 2 atom stereocenters. The Hall–Kier alpha value is -0.870. The van der Waals surface area contributed by atoms with Gasteiger partial charge in [0.05, 0.1) is 6.61 Å². The molecule has 3 heteroatoms. The van der Waals surface area contributed by atoms with Crippen molar-refractivity contribution in [3.63, 3.8) is 0 Å². The second-order valence-corrected chi connectivity index (χ2v) is 3.52. The fourth-order valence-electron chi connectivity index (χ4n) is 1.37. The molecule has 0 aliphatic carbocycles. The topological polar surface area (TPSA) is 18.5 Å². The lowest BCUT2D eigenvalue weighted by atomic mass is 10.1. The molecule has 0 fully saturated rings. The molecule has 0 aliphatic rings. The molecule has 1 aromatic carbocycles. The second kappa shape index (κ2) is 6.58. The van der Waals surface area contributed by atoms with E-state index < -0.39 is 0 Å². The summed E-state index contributed by atoms with van der Waals surface area (Å²) in [5, 5.41) is 0. The zero-order valence-corrected chi connectivity index (χ0v) is 9.93. The summed E-state index contributed by atoms with van der Waals surface area (Å²) < 4.78 is 10.1. The van der Waals surface area contributed by atoms with E-state index in [1.807, 2.05) is 18.2 Å². The van der Waals surface area contributed by atoms with Crippen molar-refractivity contribution < 1.29 is 9.26 Å². The van der Waals surface area contributed by atoms with Crippen LogP contribution in [0.25, 0.3) is 0 Å². The third-order valence-corrected chi connectivity index (χ3v) is 2.40. The summed E-state index contributed by atoms with van der Waals surface area (Å²) in [7, 11) is 3.88. The molecular weight excluding hydrogens is 207 g/mol. The van der Waals surface area contributed by atoms with Crippen LogP contribution < -0.4 is 0 Å². The lowest BCUT2D eigenvalue weighted by Crippen LogP contribution is -2.08. The highest BCUT2D eigenvalue weighted by atomic mass is 31.0. The van der Waals surface area contributed by atoms with Crippen LogP contribution in [-0.2, 0) is 22.3 Å². The first kappa shape index (κ1) is 12.2. The molecule has 0 aromatic heterocycles. The van der Waals surface area contributed by atoms with Crippen molar-refractivity contribution >= 4 is 9.47 Å². The first-order chi connectivity index (χ1) is 7.30. The van der Waals surface area contributed by atoms with Gasteiger partial charge in [0.2, 0.25) is 0 Å². The van der Waals surface area contributed by atoms with Gasteiger partial charge in [0.25, 0.3) is 0 Å². The first-order valence-corrected chi connectivity index (χ1v) is 5.15. The summed E-state index contributed by atoms with van der Waals surface area (Å²) in [6.07, 6.45) is 5.85. The van der Waals surface area contributed by atoms with Crippen molar-refractivity contribution in [2.75, 3.05) is 7.11 Å². The normalized spacial score (nSPS) is 12.1. The van der Waals surface area contributed by atoms with E-state index in [0.29, 0.717) is 6.61 Å². The molecule has 0 spiro atoms. The smallest absolute Gasteiger partial charge is 0.125 e. The standard InChI is InChI=1S/C12H15O2P/c1-3-12(14-15)8-10-5-4-6-11(7-10)9-13-2/h1,4-7,12H,8-9,15H2,2H3/t12-/m1/s1. The van der Waals surface area contributed by atoms with E-state index in [4.69, 9.17) is 15.7 Å². The molecule has 0 radical (unpaired) electrons. The molecule has 80 valence electrons. The number of hydrogen-bond acceptors (Lipinski definition) is 2. The number of methoxy groups -OCH3 is 1. The highest BCUT2D eigenvalue weighted by molar-refractivity contribution is 7.09. The second-order valence-electron chi connectivity index (χ2n) is 3.25. The summed E-state index contributed by atoms with van der Waals surface area (Å²) in [4.78, 5) is 0. The molecule has 0 amide bonds. The minimum atomic E-state index is -0.187. The number of benzene rings is 1. The van der Waals surface area contributed by atoms with E-state index >= 15 is 0 Å². The predicted octanol–water partition coefficient (Wildman–Crippen LogP) is 2.18. The summed E-state index contributed by atoms with van der Waals surface area (Å²) in [6, 6.07) is 8.14. The molecule has 0 bridgehead atoms. The Bertz CT molecular complexity index is 344. The largest absolute Gasteiger partial charge is 0.380 e. The highest BCUT2D eigenvalue weighted by Crippen LogP contribution is 2.11. The van der Waals surface area contributed by atoms with Crippen molar-refractivity contribution in [2.45, 2.75) is 19.1 Å². The maximum atomic E-state index is 5.31. The van der Waals surface area contributed by atoms with E-state index in [2.05, 4.69) is 21.5 Å². The predicted molar refractivity (Wildman–Crippen MR) is 64.3 cm³/mol. The van der Waals surface area contributed by atoms with E-state index in [1.165, 1.54) is 0 Å². The molecule has 0 saturated carbocycles. The molecule has 15 heavy (non-hydrogen) atoms. The van der Waals surface area contributed by atoms with Gasteiger partial charge in [-0.15, -0.1) is 6.42 Å². The maximum Gasteiger partial charge on any atom is 0.125 e. The Morgan fingerprint density at radius 2 is 2.20 bits per heavy atom.